The fourth-order valence-electron chi connectivity index (χ4n) is 1.19. The van der Waals surface area contributed by atoms with Crippen LogP contribution in [0.1, 0.15) is 6.42 Å². The van der Waals surface area contributed by atoms with Gasteiger partial charge in [0.2, 0.25) is 5.96 Å². The first-order valence-electron chi connectivity index (χ1n) is 3.53. The molecule has 11 heavy (non-hydrogen) atoms. The molecule has 0 aliphatic carbocycles. The molecule has 1 atom stereocenters. The Balaban J connectivity index is 2.41. The van der Waals surface area contributed by atoms with Crippen molar-refractivity contribution in [3.05, 3.63) is 0 Å². The number of ether oxygens (including phenoxy) is 1. The maximum atomic E-state index is 8.33. The number of guanidine groups is 1. The Morgan fingerprint density at radius 1 is 1.82 bits per heavy atom. The van der Waals surface area contributed by atoms with Gasteiger partial charge in [-0.1, -0.05) is 5.16 Å². The van der Waals surface area contributed by atoms with Crippen LogP contribution >= 0.6 is 0 Å². The summed E-state index contributed by atoms with van der Waals surface area (Å²) in [5.74, 6) is 0.171. The largest absolute Gasteiger partial charge is 0.408 e. The third-order valence-corrected chi connectivity index (χ3v) is 1.90. The van der Waals surface area contributed by atoms with Gasteiger partial charge in [0.25, 0.3) is 0 Å². The van der Waals surface area contributed by atoms with Crippen LogP contribution in [0.15, 0.2) is 5.16 Å². The third-order valence-electron chi connectivity index (χ3n) is 1.90. The molecule has 1 heterocycles. The molecule has 0 aromatic heterocycles. The number of nitrogens with two attached hydrogens (primary N) is 1. The zero-order valence-corrected chi connectivity index (χ0v) is 6.53. The summed E-state index contributed by atoms with van der Waals surface area (Å²) in [4.78, 5) is 1.79. The highest BCUT2D eigenvalue weighted by Gasteiger charge is 2.23. The lowest BCUT2D eigenvalue weighted by Crippen LogP contribution is -2.36. The second-order valence-corrected chi connectivity index (χ2v) is 2.55. The van der Waals surface area contributed by atoms with Gasteiger partial charge >= 0.3 is 0 Å². The van der Waals surface area contributed by atoms with Crippen molar-refractivity contribution in [3.63, 3.8) is 0 Å². The summed E-state index contributed by atoms with van der Waals surface area (Å²) in [6.45, 7) is 1.51. The van der Waals surface area contributed by atoms with Crippen molar-refractivity contribution in [1.29, 1.82) is 0 Å². The van der Waals surface area contributed by atoms with E-state index < -0.39 is 0 Å². The van der Waals surface area contributed by atoms with E-state index >= 15 is 0 Å². The molecule has 0 aromatic rings. The molecule has 1 aliphatic heterocycles. The molecule has 5 heteroatoms. The van der Waals surface area contributed by atoms with E-state index in [0.717, 1.165) is 13.0 Å². The van der Waals surface area contributed by atoms with Crippen LogP contribution in [-0.2, 0) is 4.74 Å². The smallest absolute Gasteiger partial charge is 0.233 e. The van der Waals surface area contributed by atoms with Gasteiger partial charge in [0.05, 0.1) is 6.10 Å². The van der Waals surface area contributed by atoms with Gasteiger partial charge in [0.1, 0.15) is 0 Å². The van der Waals surface area contributed by atoms with Gasteiger partial charge in [-0.2, -0.15) is 0 Å². The van der Waals surface area contributed by atoms with Crippen LogP contribution in [0.2, 0.25) is 0 Å². The average Bonchev–Trinajstić information content (AvgIpc) is 2.50. The van der Waals surface area contributed by atoms with Crippen molar-refractivity contribution in [3.8, 4) is 0 Å². The quantitative estimate of drug-likeness (QED) is 0.232. The van der Waals surface area contributed by atoms with E-state index in [-0.39, 0.29) is 12.1 Å². The highest BCUT2D eigenvalue weighted by Crippen LogP contribution is 2.10. The third kappa shape index (κ3) is 1.74. The molecule has 0 spiro atoms. The highest BCUT2D eigenvalue weighted by atomic mass is 16.5. The highest BCUT2D eigenvalue weighted by molar-refractivity contribution is 5.77. The van der Waals surface area contributed by atoms with Crippen LogP contribution in [0.25, 0.3) is 0 Å². The summed E-state index contributed by atoms with van der Waals surface area (Å²) in [7, 11) is 1.67. The average molecular weight is 159 g/mol. The van der Waals surface area contributed by atoms with E-state index in [9.17, 15) is 0 Å². The van der Waals surface area contributed by atoms with Crippen LogP contribution in [-0.4, -0.2) is 42.4 Å². The Bertz CT molecular complexity index is 160. The fourth-order valence-corrected chi connectivity index (χ4v) is 1.19. The molecule has 1 fully saturated rings. The van der Waals surface area contributed by atoms with E-state index in [1.165, 1.54) is 0 Å². The molecule has 0 saturated carbocycles. The molecule has 1 unspecified atom stereocenters. The summed E-state index contributed by atoms with van der Waals surface area (Å²) >= 11 is 0. The zero-order valence-electron chi connectivity index (χ0n) is 6.53. The van der Waals surface area contributed by atoms with Crippen LogP contribution in [0.3, 0.4) is 0 Å². The molecule has 0 radical (unpaired) electrons. The van der Waals surface area contributed by atoms with Gasteiger partial charge in [-0.25, -0.2) is 0 Å². The van der Waals surface area contributed by atoms with Crippen molar-refractivity contribution in [1.82, 2.24) is 4.90 Å². The molecule has 0 aromatic carbocycles. The van der Waals surface area contributed by atoms with Gasteiger partial charge < -0.3 is 20.6 Å². The van der Waals surface area contributed by atoms with E-state index in [4.69, 9.17) is 15.7 Å². The van der Waals surface area contributed by atoms with Crippen molar-refractivity contribution >= 4 is 5.96 Å². The molecule has 0 amide bonds. The van der Waals surface area contributed by atoms with Gasteiger partial charge in [-0.05, 0) is 6.42 Å². The first kappa shape index (κ1) is 8.13. The number of hydrogen-bond acceptors (Lipinski definition) is 3. The minimum atomic E-state index is 0.171. The second kappa shape index (κ2) is 3.43. The van der Waals surface area contributed by atoms with Crippen molar-refractivity contribution < 1.29 is 9.94 Å². The van der Waals surface area contributed by atoms with Gasteiger partial charge in [0.15, 0.2) is 0 Å². The topological polar surface area (TPSA) is 71.1 Å². The Hall–Kier alpha value is -0.970. The fraction of sp³-hybridized carbons (Fsp3) is 0.833. The summed E-state index contributed by atoms with van der Waals surface area (Å²) in [6, 6.07) is 0. The molecular weight excluding hydrogens is 146 g/mol. The number of likely N-dealkylation sites (tertiary alicyclic amines) is 1. The van der Waals surface area contributed by atoms with Gasteiger partial charge in [-0.3, -0.25) is 0 Å². The first-order valence-corrected chi connectivity index (χ1v) is 3.53. The standard InChI is InChI=1S/C6H13N3O2/c1-11-5-2-3-9(4-5)6(7)8-10/h5,10H,2-4H2,1H3,(H2,7,8). The van der Waals surface area contributed by atoms with Gasteiger partial charge in [0, 0.05) is 20.2 Å². The summed E-state index contributed by atoms with van der Waals surface area (Å²) in [5, 5.41) is 11.2. The Morgan fingerprint density at radius 2 is 2.55 bits per heavy atom. The Labute approximate surface area is 65.4 Å². The summed E-state index contributed by atoms with van der Waals surface area (Å²) < 4.78 is 5.10. The monoisotopic (exact) mass is 159 g/mol. The van der Waals surface area contributed by atoms with Gasteiger partial charge in [-0.15, -0.1) is 0 Å². The summed E-state index contributed by atoms with van der Waals surface area (Å²) in [5.41, 5.74) is 5.37. The zero-order chi connectivity index (χ0) is 8.27. The maximum Gasteiger partial charge on any atom is 0.233 e. The van der Waals surface area contributed by atoms with Crippen LogP contribution in [0.4, 0.5) is 0 Å². The van der Waals surface area contributed by atoms with E-state index in [1.54, 1.807) is 12.0 Å². The van der Waals surface area contributed by atoms with E-state index in [0.29, 0.717) is 6.54 Å². The van der Waals surface area contributed by atoms with E-state index in [2.05, 4.69) is 5.16 Å². The SMILES string of the molecule is COC1CCN(C(N)=NO)C1. The second-order valence-electron chi connectivity index (χ2n) is 2.55. The maximum absolute atomic E-state index is 8.33. The number of methoxy groups -OCH3 is 1. The molecule has 0 bridgehead atoms. The normalized spacial score (nSPS) is 26.1. The minimum absolute atomic E-state index is 0.171. The minimum Gasteiger partial charge on any atom is -0.408 e. The Kier molecular flexibility index (Phi) is 2.53. The van der Waals surface area contributed by atoms with Crippen molar-refractivity contribution in [2.75, 3.05) is 20.2 Å². The molecule has 64 valence electrons. The molecule has 3 N–H and O–H groups in total. The van der Waals surface area contributed by atoms with Crippen molar-refractivity contribution in [2.24, 2.45) is 10.9 Å². The lowest BCUT2D eigenvalue weighted by molar-refractivity contribution is 0.114. The number of hydrogen-bond donors (Lipinski definition) is 2. The summed E-state index contributed by atoms with van der Waals surface area (Å²) in [6.07, 6.45) is 1.16. The lowest BCUT2D eigenvalue weighted by Gasteiger charge is -2.14. The number of oxime groups is 1. The van der Waals surface area contributed by atoms with Crippen LogP contribution < -0.4 is 5.73 Å². The lowest BCUT2D eigenvalue weighted by atomic mass is 10.3. The molecule has 1 rings (SSSR count). The van der Waals surface area contributed by atoms with Crippen LogP contribution in [0.5, 0.6) is 0 Å². The first-order chi connectivity index (χ1) is 5.27. The molecular formula is C6H13N3O2. The predicted octanol–water partition coefficient (Wildman–Crippen LogP) is -0.589. The van der Waals surface area contributed by atoms with Crippen LogP contribution in [0, 0.1) is 0 Å². The molecule has 5 nitrogen and oxygen atoms in total. The molecule has 1 saturated heterocycles. The molecule has 1 aliphatic rings. The van der Waals surface area contributed by atoms with Crippen molar-refractivity contribution in [2.45, 2.75) is 12.5 Å². The predicted molar refractivity (Wildman–Crippen MR) is 40.4 cm³/mol. The number of nitrogens with zero attached hydrogens (tertiary/aromatic N) is 2. The Morgan fingerprint density at radius 3 is 3.00 bits per heavy atom. The number of rotatable bonds is 1. The van der Waals surface area contributed by atoms with E-state index in [1.807, 2.05) is 0 Å².